The first-order chi connectivity index (χ1) is 8.58. The Labute approximate surface area is 111 Å². The Morgan fingerprint density at radius 3 is 2.06 bits per heavy atom. The molecule has 0 aromatic heterocycles. The number of carbonyl (C=O) groups is 1. The van der Waals surface area contributed by atoms with Crippen molar-refractivity contribution in [2.45, 2.75) is 38.6 Å². The van der Waals surface area contributed by atoms with Gasteiger partial charge in [0.1, 0.15) is 0 Å². The molecule has 2 fully saturated rings. The molecule has 0 aromatic rings. The van der Waals surface area contributed by atoms with Gasteiger partial charge in [0, 0.05) is 46.3 Å². The highest BCUT2D eigenvalue weighted by Gasteiger charge is 2.28. The fraction of sp³-hybridized carbons (Fsp3) is 0.929. The van der Waals surface area contributed by atoms with Gasteiger partial charge in [-0.2, -0.15) is 0 Å². The van der Waals surface area contributed by atoms with Gasteiger partial charge in [-0.3, -0.25) is 4.90 Å². The molecule has 2 aliphatic rings. The van der Waals surface area contributed by atoms with Crippen LogP contribution >= 0.6 is 0 Å². The molecule has 0 N–H and O–H groups in total. The van der Waals surface area contributed by atoms with Gasteiger partial charge in [0.2, 0.25) is 0 Å². The molecule has 0 aromatic carbocycles. The lowest BCUT2D eigenvalue weighted by molar-refractivity contribution is 0.0767. The number of hydrogen-bond donors (Lipinski definition) is 0. The molecule has 0 spiro atoms. The summed E-state index contributed by atoms with van der Waals surface area (Å²) in [7, 11) is 3.66. The van der Waals surface area contributed by atoms with Gasteiger partial charge in [-0.05, 0) is 31.6 Å². The summed E-state index contributed by atoms with van der Waals surface area (Å²) in [4.78, 5) is 18.1. The van der Waals surface area contributed by atoms with E-state index in [9.17, 15) is 4.79 Å². The van der Waals surface area contributed by atoms with Crippen LogP contribution in [0.5, 0.6) is 0 Å². The van der Waals surface area contributed by atoms with E-state index in [4.69, 9.17) is 0 Å². The molecule has 0 unspecified atom stereocenters. The van der Waals surface area contributed by atoms with E-state index in [0.29, 0.717) is 0 Å². The lowest BCUT2D eigenvalue weighted by Gasteiger charge is -2.42. The maximum atomic E-state index is 11.9. The zero-order valence-corrected chi connectivity index (χ0v) is 12.1. The third-order valence-electron chi connectivity index (χ3n) is 4.47. The molecule has 4 nitrogen and oxygen atoms in total. The molecule has 0 bridgehead atoms. The van der Waals surface area contributed by atoms with E-state index in [1.165, 1.54) is 25.7 Å². The van der Waals surface area contributed by atoms with Gasteiger partial charge in [0.05, 0.1) is 0 Å². The monoisotopic (exact) mass is 253 g/mol. The standard InChI is InChI=1S/C14H27N3O/c1-12-4-6-13(7-5-12)16-8-10-17(11-9-16)14(18)15(2)3/h12-13H,4-11H2,1-3H3. The van der Waals surface area contributed by atoms with E-state index in [1.807, 2.05) is 19.0 Å². The van der Waals surface area contributed by atoms with E-state index in [1.54, 1.807) is 4.90 Å². The summed E-state index contributed by atoms with van der Waals surface area (Å²) in [5.41, 5.74) is 0. The minimum Gasteiger partial charge on any atom is -0.331 e. The summed E-state index contributed by atoms with van der Waals surface area (Å²) in [5.74, 6) is 0.915. The predicted octanol–water partition coefficient (Wildman–Crippen LogP) is 1.86. The van der Waals surface area contributed by atoms with Gasteiger partial charge < -0.3 is 9.80 Å². The number of piperazine rings is 1. The van der Waals surface area contributed by atoms with Gasteiger partial charge in [0.25, 0.3) is 0 Å². The van der Waals surface area contributed by atoms with Gasteiger partial charge in [-0.25, -0.2) is 4.79 Å². The molecule has 2 rings (SSSR count). The van der Waals surface area contributed by atoms with Crippen molar-refractivity contribution in [2.24, 2.45) is 5.92 Å². The summed E-state index contributed by atoms with van der Waals surface area (Å²) in [5, 5.41) is 0. The maximum absolute atomic E-state index is 11.9. The average molecular weight is 253 g/mol. The Bertz CT molecular complexity index is 277. The SMILES string of the molecule is CC1CCC(N2CCN(C(=O)N(C)C)CC2)CC1. The maximum Gasteiger partial charge on any atom is 0.319 e. The van der Waals surface area contributed by atoms with Gasteiger partial charge >= 0.3 is 6.03 Å². The Hall–Kier alpha value is -0.770. The van der Waals surface area contributed by atoms with Crippen LogP contribution < -0.4 is 0 Å². The molecular formula is C14H27N3O. The first kappa shape index (κ1) is 13.7. The normalized spacial score (nSPS) is 30.3. The zero-order chi connectivity index (χ0) is 13.1. The molecule has 1 heterocycles. The molecule has 0 radical (unpaired) electrons. The van der Waals surface area contributed by atoms with Crippen LogP contribution in [0.2, 0.25) is 0 Å². The minimum absolute atomic E-state index is 0.159. The lowest BCUT2D eigenvalue weighted by atomic mass is 9.86. The summed E-state index contributed by atoms with van der Waals surface area (Å²) in [6, 6.07) is 0.935. The second kappa shape index (κ2) is 5.91. The summed E-state index contributed by atoms with van der Waals surface area (Å²) in [6.45, 7) is 6.26. The van der Waals surface area contributed by atoms with Gasteiger partial charge in [0.15, 0.2) is 0 Å². The van der Waals surface area contributed by atoms with Crippen molar-refractivity contribution >= 4 is 6.03 Å². The van der Waals surface area contributed by atoms with E-state index >= 15 is 0 Å². The molecule has 18 heavy (non-hydrogen) atoms. The van der Waals surface area contributed by atoms with Crippen LogP contribution in [-0.4, -0.2) is 67.0 Å². The van der Waals surface area contributed by atoms with Crippen molar-refractivity contribution in [3.63, 3.8) is 0 Å². The minimum atomic E-state index is 0.159. The number of carbonyl (C=O) groups excluding carboxylic acids is 1. The van der Waals surface area contributed by atoms with Crippen molar-refractivity contribution in [2.75, 3.05) is 40.3 Å². The molecule has 2 amide bonds. The van der Waals surface area contributed by atoms with Crippen LogP contribution in [0.4, 0.5) is 4.79 Å². The van der Waals surface area contributed by atoms with Crippen molar-refractivity contribution in [3.8, 4) is 0 Å². The van der Waals surface area contributed by atoms with E-state index < -0.39 is 0 Å². The summed E-state index contributed by atoms with van der Waals surface area (Å²) < 4.78 is 0. The summed E-state index contributed by atoms with van der Waals surface area (Å²) in [6.07, 6.45) is 5.45. The molecule has 104 valence electrons. The number of urea groups is 1. The highest BCUT2D eigenvalue weighted by atomic mass is 16.2. The Balaban J connectivity index is 1.78. The molecule has 0 atom stereocenters. The fourth-order valence-electron chi connectivity index (χ4n) is 3.17. The number of amides is 2. The highest BCUT2D eigenvalue weighted by Crippen LogP contribution is 2.27. The van der Waals surface area contributed by atoms with Crippen LogP contribution in [0.3, 0.4) is 0 Å². The van der Waals surface area contributed by atoms with Crippen LogP contribution in [-0.2, 0) is 0 Å². The molecule has 1 aliphatic carbocycles. The fourth-order valence-corrected chi connectivity index (χ4v) is 3.17. The quantitative estimate of drug-likeness (QED) is 0.713. The zero-order valence-electron chi connectivity index (χ0n) is 12.1. The molecule has 4 heteroatoms. The average Bonchev–Trinajstić information content (AvgIpc) is 2.39. The number of hydrogen-bond acceptors (Lipinski definition) is 2. The molecule has 1 aliphatic heterocycles. The Morgan fingerprint density at radius 2 is 1.56 bits per heavy atom. The van der Waals surface area contributed by atoms with Crippen molar-refractivity contribution in [1.82, 2.24) is 14.7 Å². The largest absolute Gasteiger partial charge is 0.331 e. The lowest BCUT2D eigenvalue weighted by Crippen LogP contribution is -2.54. The number of rotatable bonds is 1. The van der Waals surface area contributed by atoms with Gasteiger partial charge in [-0.1, -0.05) is 6.92 Å². The molecule has 1 saturated carbocycles. The van der Waals surface area contributed by atoms with E-state index in [-0.39, 0.29) is 6.03 Å². The van der Waals surface area contributed by atoms with Crippen LogP contribution in [0.15, 0.2) is 0 Å². The van der Waals surface area contributed by atoms with Crippen molar-refractivity contribution in [1.29, 1.82) is 0 Å². The second-order valence-electron chi connectivity index (χ2n) is 6.11. The van der Waals surface area contributed by atoms with Crippen LogP contribution in [0, 0.1) is 5.92 Å². The first-order valence-electron chi connectivity index (χ1n) is 7.28. The third kappa shape index (κ3) is 3.16. The predicted molar refractivity (Wildman–Crippen MR) is 73.6 cm³/mol. The highest BCUT2D eigenvalue weighted by molar-refractivity contribution is 5.73. The van der Waals surface area contributed by atoms with E-state index in [2.05, 4.69) is 11.8 Å². The Kier molecular flexibility index (Phi) is 4.49. The molecular weight excluding hydrogens is 226 g/mol. The third-order valence-corrected chi connectivity index (χ3v) is 4.47. The topological polar surface area (TPSA) is 26.8 Å². The first-order valence-corrected chi connectivity index (χ1v) is 7.28. The second-order valence-corrected chi connectivity index (χ2v) is 6.11. The number of nitrogens with zero attached hydrogens (tertiary/aromatic N) is 3. The van der Waals surface area contributed by atoms with Crippen LogP contribution in [0.1, 0.15) is 32.6 Å². The van der Waals surface area contributed by atoms with Crippen molar-refractivity contribution < 1.29 is 4.79 Å². The van der Waals surface area contributed by atoms with Crippen LogP contribution in [0.25, 0.3) is 0 Å². The van der Waals surface area contributed by atoms with E-state index in [0.717, 1.165) is 38.1 Å². The Morgan fingerprint density at radius 1 is 1.00 bits per heavy atom. The van der Waals surface area contributed by atoms with Gasteiger partial charge in [-0.15, -0.1) is 0 Å². The smallest absolute Gasteiger partial charge is 0.319 e. The molecule has 1 saturated heterocycles. The van der Waals surface area contributed by atoms with Crippen molar-refractivity contribution in [3.05, 3.63) is 0 Å². The summed E-state index contributed by atoms with van der Waals surface area (Å²) >= 11 is 0.